The van der Waals surface area contributed by atoms with E-state index < -0.39 is 0 Å². The van der Waals surface area contributed by atoms with Crippen LogP contribution in [-0.2, 0) is 11.9 Å². The first-order chi connectivity index (χ1) is 8.69. The molecule has 0 N–H and O–H groups in total. The van der Waals surface area contributed by atoms with Crippen molar-refractivity contribution < 1.29 is 9.13 Å². The van der Waals surface area contributed by atoms with Crippen LogP contribution in [-0.4, -0.2) is 0 Å². The molecule has 2 aromatic rings. The maximum Gasteiger partial charge on any atom is 0.165 e. The molecule has 0 saturated carbocycles. The van der Waals surface area contributed by atoms with E-state index >= 15 is 0 Å². The largest absolute Gasteiger partial charge is 0.486 e. The fraction of sp³-hybridized carbons (Fsp3) is 0.143. The summed E-state index contributed by atoms with van der Waals surface area (Å²) in [6, 6.07) is 12.7. The molecule has 0 fully saturated rings. The molecule has 0 aliphatic carbocycles. The van der Waals surface area contributed by atoms with Gasteiger partial charge >= 0.3 is 0 Å². The van der Waals surface area contributed by atoms with Crippen molar-refractivity contribution in [3.8, 4) is 5.75 Å². The zero-order valence-electron chi connectivity index (χ0n) is 9.50. The average molecular weight is 374 g/mol. The summed E-state index contributed by atoms with van der Waals surface area (Å²) < 4.78 is 20.1. The van der Waals surface area contributed by atoms with Crippen LogP contribution in [0.2, 0.25) is 0 Å². The Balaban J connectivity index is 2.06. The third-order valence-electron chi connectivity index (χ3n) is 2.43. The molecular weight excluding hydrogens is 363 g/mol. The summed E-state index contributed by atoms with van der Waals surface area (Å²) in [7, 11) is 0. The van der Waals surface area contributed by atoms with Crippen LogP contribution in [0.5, 0.6) is 5.75 Å². The van der Waals surface area contributed by atoms with Crippen LogP contribution in [0.4, 0.5) is 4.39 Å². The molecule has 0 saturated heterocycles. The Bertz CT molecular complexity index is 543. The first-order valence-corrected chi connectivity index (χ1v) is 7.32. The van der Waals surface area contributed by atoms with Crippen molar-refractivity contribution in [3.05, 3.63) is 63.9 Å². The third-order valence-corrected chi connectivity index (χ3v) is 3.57. The summed E-state index contributed by atoms with van der Waals surface area (Å²) in [5.74, 6) is -0.0541. The molecule has 0 aliphatic heterocycles. The highest BCUT2D eigenvalue weighted by Gasteiger charge is 2.05. The van der Waals surface area contributed by atoms with Crippen molar-refractivity contribution in [2.24, 2.45) is 0 Å². The quantitative estimate of drug-likeness (QED) is 0.680. The number of hydrogen-bond acceptors (Lipinski definition) is 1. The lowest BCUT2D eigenvalue weighted by Gasteiger charge is -2.08. The van der Waals surface area contributed by atoms with Gasteiger partial charge in [0.25, 0.3) is 0 Å². The molecule has 0 amide bonds. The molecule has 0 radical (unpaired) electrons. The smallest absolute Gasteiger partial charge is 0.165 e. The van der Waals surface area contributed by atoms with E-state index in [2.05, 4.69) is 31.9 Å². The van der Waals surface area contributed by atoms with E-state index in [4.69, 9.17) is 4.74 Å². The lowest BCUT2D eigenvalue weighted by molar-refractivity contribution is 0.290. The minimum atomic E-state index is -0.332. The van der Waals surface area contributed by atoms with E-state index in [9.17, 15) is 4.39 Å². The number of rotatable bonds is 4. The highest BCUT2D eigenvalue weighted by atomic mass is 79.9. The highest BCUT2D eigenvalue weighted by Crippen LogP contribution is 2.21. The summed E-state index contributed by atoms with van der Waals surface area (Å²) in [4.78, 5) is 0. The molecule has 0 spiro atoms. The highest BCUT2D eigenvalue weighted by molar-refractivity contribution is 9.10. The summed E-state index contributed by atoms with van der Waals surface area (Å²) in [5.41, 5.74) is 1.88. The maximum atomic E-state index is 13.7. The molecule has 94 valence electrons. The van der Waals surface area contributed by atoms with Gasteiger partial charge in [0.15, 0.2) is 11.6 Å². The molecule has 2 rings (SSSR count). The van der Waals surface area contributed by atoms with Crippen LogP contribution in [0, 0.1) is 5.82 Å². The second-order valence-electron chi connectivity index (χ2n) is 3.82. The van der Waals surface area contributed by atoms with Crippen LogP contribution >= 0.6 is 31.9 Å². The number of hydrogen-bond donors (Lipinski definition) is 0. The Morgan fingerprint density at radius 1 is 1.06 bits per heavy atom. The molecule has 18 heavy (non-hydrogen) atoms. The molecule has 0 aliphatic rings. The topological polar surface area (TPSA) is 9.23 Å². The molecule has 0 bridgehead atoms. The van der Waals surface area contributed by atoms with Gasteiger partial charge in [0, 0.05) is 9.80 Å². The third kappa shape index (κ3) is 3.56. The molecule has 0 unspecified atom stereocenters. The first kappa shape index (κ1) is 13.6. The van der Waals surface area contributed by atoms with Gasteiger partial charge in [0.05, 0.1) is 0 Å². The van der Waals surface area contributed by atoms with Gasteiger partial charge < -0.3 is 4.74 Å². The molecule has 0 atom stereocenters. The predicted octanol–water partition coefficient (Wildman–Crippen LogP) is 5.06. The van der Waals surface area contributed by atoms with Gasteiger partial charge in [-0.05, 0) is 35.4 Å². The zero-order chi connectivity index (χ0) is 13.0. The fourth-order valence-electron chi connectivity index (χ4n) is 1.53. The van der Waals surface area contributed by atoms with E-state index in [1.54, 1.807) is 6.07 Å². The van der Waals surface area contributed by atoms with E-state index in [-0.39, 0.29) is 11.6 Å². The molecule has 2 aromatic carbocycles. The van der Waals surface area contributed by atoms with Crippen LogP contribution in [0.15, 0.2) is 46.9 Å². The minimum absolute atomic E-state index is 0.277. The number of ether oxygens (including phenoxy) is 1. The van der Waals surface area contributed by atoms with E-state index in [1.165, 1.54) is 6.07 Å². The van der Waals surface area contributed by atoms with Gasteiger partial charge in [0.1, 0.15) is 6.61 Å². The SMILES string of the molecule is Fc1cc(CBr)ccc1OCc1cccc(Br)c1. The Kier molecular flexibility index (Phi) is 4.78. The molecule has 1 nitrogen and oxygen atoms in total. The van der Waals surface area contributed by atoms with Gasteiger partial charge in [-0.2, -0.15) is 0 Å². The minimum Gasteiger partial charge on any atom is -0.486 e. The lowest BCUT2D eigenvalue weighted by atomic mass is 10.2. The number of halogens is 3. The molecule has 0 heterocycles. The fourth-order valence-corrected chi connectivity index (χ4v) is 2.33. The van der Waals surface area contributed by atoms with Crippen LogP contribution in [0.1, 0.15) is 11.1 Å². The first-order valence-electron chi connectivity index (χ1n) is 5.40. The van der Waals surface area contributed by atoms with E-state index in [0.717, 1.165) is 15.6 Å². The summed E-state index contributed by atoms with van der Waals surface area (Å²) in [6.07, 6.45) is 0. The van der Waals surface area contributed by atoms with Crippen molar-refractivity contribution in [3.63, 3.8) is 0 Å². The van der Waals surface area contributed by atoms with Crippen molar-refractivity contribution >= 4 is 31.9 Å². The van der Waals surface area contributed by atoms with Crippen LogP contribution < -0.4 is 4.74 Å². The van der Waals surface area contributed by atoms with Gasteiger partial charge in [-0.25, -0.2) is 4.39 Å². The normalized spacial score (nSPS) is 10.4. The Morgan fingerprint density at radius 2 is 1.89 bits per heavy atom. The van der Waals surface area contributed by atoms with Crippen molar-refractivity contribution in [2.75, 3.05) is 0 Å². The second kappa shape index (κ2) is 6.34. The Morgan fingerprint density at radius 3 is 2.56 bits per heavy atom. The monoisotopic (exact) mass is 372 g/mol. The summed E-state index contributed by atoms with van der Waals surface area (Å²) in [5, 5.41) is 0.635. The lowest BCUT2D eigenvalue weighted by Crippen LogP contribution is -1.97. The van der Waals surface area contributed by atoms with Gasteiger partial charge in [0.2, 0.25) is 0 Å². The average Bonchev–Trinajstić information content (AvgIpc) is 2.37. The summed E-state index contributed by atoms with van der Waals surface area (Å²) >= 11 is 6.67. The van der Waals surface area contributed by atoms with Crippen molar-refractivity contribution in [2.45, 2.75) is 11.9 Å². The molecular formula is C14H11Br2FO. The number of benzene rings is 2. The van der Waals surface area contributed by atoms with E-state index in [0.29, 0.717) is 11.9 Å². The maximum absolute atomic E-state index is 13.7. The van der Waals surface area contributed by atoms with Crippen molar-refractivity contribution in [1.29, 1.82) is 0 Å². The van der Waals surface area contributed by atoms with Gasteiger partial charge in [-0.3, -0.25) is 0 Å². The van der Waals surface area contributed by atoms with Gasteiger partial charge in [-0.1, -0.05) is 50.1 Å². The van der Waals surface area contributed by atoms with Gasteiger partial charge in [-0.15, -0.1) is 0 Å². The Labute approximate surface area is 122 Å². The number of alkyl halides is 1. The van der Waals surface area contributed by atoms with Crippen LogP contribution in [0.25, 0.3) is 0 Å². The second-order valence-corrected chi connectivity index (χ2v) is 5.29. The molecule has 4 heteroatoms. The van der Waals surface area contributed by atoms with E-state index in [1.807, 2.05) is 30.3 Å². The van der Waals surface area contributed by atoms with Crippen LogP contribution in [0.3, 0.4) is 0 Å². The Hall–Kier alpha value is -0.870. The molecule has 0 aromatic heterocycles. The summed E-state index contributed by atoms with van der Waals surface area (Å²) in [6.45, 7) is 0.351. The predicted molar refractivity (Wildman–Crippen MR) is 77.5 cm³/mol. The van der Waals surface area contributed by atoms with Crippen molar-refractivity contribution in [1.82, 2.24) is 0 Å². The zero-order valence-corrected chi connectivity index (χ0v) is 12.7. The standard InChI is InChI=1S/C14H11Br2FO/c15-8-10-4-5-14(13(17)7-10)18-9-11-2-1-3-12(16)6-11/h1-7H,8-9H2.